The highest BCUT2D eigenvalue weighted by atomic mass is 32.2. The molecule has 2 atom stereocenters. The van der Waals surface area contributed by atoms with Gasteiger partial charge in [-0.1, -0.05) is 6.42 Å². The summed E-state index contributed by atoms with van der Waals surface area (Å²) in [5.74, 6) is 0.00109. The number of nitrogens with two attached hydrogens (primary N) is 1. The third kappa shape index (κ3) is 3.05. The SMILES string of the molecule is CCOC(=O)c1ncn(C2CCCC(SC)C2)c1N. The smallest absolute Gasteiger partial charge is 0.360 e. The summed E-state index contributed by atoms with van der Waals surface area (Å²) in [5, 5.41) is 0.673. The summed E-state index contributed by atoms with van der Waals surface area (Å²) in [6.45, 7) is 2.11. The van der Waals surface area contributed by atoms with Crippen molar-refractivity contribution in [3.05, 3.63) is 12.0 Å². The average Bonchev–Trinajstić information content (AvgIpc) is 2.81. The largest absolute Gasteiger partial charge is 0.461 e. The molecule has 0 amide bonds. The van der Waals surface area contributed by atoms with Crippen molar-refractivity contribution in [1.82, 2.24) is 9.55 Å². The highest BCUT2D eigenvalue weighted by molar-refractivity contribution is 7.99. The highest BCUT2D eigenvalue weighted by Crippen LogP contribution is 2.35. The molecule has 0 aliphatic heterocycles. The summed E-state index contributed by atoms with van der Waals surface area (Å²) in [7, 11) is 0. The minimum atomic E-state index is -0.434. The van der Waals surface area contributed by atoms with E-state index < -0.39 is 5.97 Å². The zero-order valence-electron chi connectivity index (χ0n) is 11.5. The summed E-state index contributed by atoms with van der Waals surface area (Å²) in [5.41, 5.74) is 6.29. The monoisotopic (exact) mass is 283 g/mol. The van der Waals surface area contributed by atoms with Crippen LogP contribution in [0.5, 0.6) is 0 Å². The van der Waals surface area contributed by atoms with Crippen molar-refractivity contribution in [3.8, 4) is 0 Å². The van der Waals surface area contributed by atoms with Crippen LogP contribution in [0.1, 0.15) is 49.1 Å². The summed E-state index contributed by atoms with van der Waals surface area (Å²) in [4.78, 5) is 15.8. The maximum Gasteiger partial charge on any atom is 0.360 e. The lowest BCUT2D eigenvalue weighted by Gasteiger charge is -2.29. The molecule has 0 spiro atoms. The first-order chi connectivity index (χ1) is 9.17. The van der Waals surface area contributed by atoms with Crippen LogP contribution in [0, 0.1) is 0 Å². The van der Waals surface area contributed by atoms with E-state index in [1.165, 1.54) is 12.8 Å². The first-order valence-electron chi connectivity index (χ1n) is 6.69. The zero-order chi connectivity index (χ0) is 13.8. The Hall–Kier alpha value is -1.17. The topological polar surface area (TPSA) is 70.1 Å². The van der Waals surface area contributed by atoms with Gasteiger partial charge in [0.15, 0.2) is 5.69 Å². The van der Waals surface area contributed by atoms with E-state index in [1.54, 1.807) is 13.3 Å². The van der Waals surface area contributed by atoms with Crippen molar-refractivity contribution in [2.75, 3.05) is 18.6 Å². The predicted octanol–water partition coefficient (Wildman–Crippen LogP) is 2.49. The number of ether oxygens (including phenoxy) is 1. The minimum Gasteiger partial charge on any atom is -0.461 e. The van der Waals surface area contributed by atoms with Gasteiger partial charge in [0.1, 0.15) is 5.82 Å². The third-order valence-corrected chi connectivity index (χ3v) is 4.72. The van der Waals surface area contributed by atoms with Gasteiger partial charge in [0.2, 0.25) is 0 Å². The quantitative estimate of drug-likeness (QED) is 0.860. The van der Waals surface area contributed by atoms with Gasteiger partial charge in [-0.05, 0) is 32.4 Å². The summed E-state index contributed by atoms with van der Waals surface area (Å²) < 4.78 is 6.89. The Labute approximate surface area is 117 Å². The lowest BCUT2D eigenvalue weighted by molar-refractivity contribution is 0.0521. The molecule has 1 saturated carbocycles. The highest BCUT2D eigenvalue weighted by Gasteiger charge is 2.26. The lowest BCUT2D eigenvalue weighted by atomic mass is 9.95. The molecule has 2 unspecified atom stereocenters. The van der Waals surface area contributed by atoms with Crippen molar-refractivity contribution >= 4 is 23.5 Å². The maximum absolute atomic E-state index is 11.7. The van der Waals surface area contributed by atoms with E-state index in [0.29, 0.717) is 23.7 Å². The lowest BCUT2D eigenvalue weighted by Crippen LogP contribution is -2.21. The van der Waals surface area contributed by atoms with Crippen molar-refractivity contribution in [1.29, 1.82) is 0 Å². The van der Waals surface area contributed by atoms with Gasteiger partial charge < -0.3 is 15.0 Å². The molecule has 1 aromatic rings. The van der Waals surface area contributed by atoms with E-state index in [4.69, 9.17) is 10.5 Å². The average molecular weight is 283 g/mol. The Morgan fingerprint density at radius 1 is 1.63 bits per heavy atom. The second-order valence-corrected chi connectivity index (χ2v) is 5.92. The third-order valence-electron chi connectivity index (χ3n) is 3.63. The molecular formula is C13H21N3O2S. The summed E-state index contributed by atoms with van der Waals surface area (Å²) >= 11 is 1.91. The van der Waals surface area contributed by atoms with Crippen molar-refractivity contribution < 1.29 is 9.53 Å². The maximum atomic E-state index is 11.7. The van der Waals surface area contributed by atoms with Crippen LogP contribution in [0.4, 0.5) is 5.82 Å². The number of aromatic nitrogens is 2. The Morgan fingerprint density at radius 2 is 2.42 bits per heavy atom. The zero-order valence-corrected chi connectivity index (χ0v) is 12.3. The number of nitrogens with zero attached hydrogens (tertiary/aromatic N) is 2. The fourth-order valence-electron chi connectivity index (χ4n) is 2.61. The summed E-state index contributed by atoms with van der Waals surface area (Å²) in [6, 6.07) is 0.349. The van der Waals surface area contributed by atoms with Crippen LogP contribution in [-0.2, 0) is 4.74 Å². The van der Waals surface area contributed by atoms with Gasteiger partial charge in [0.25, 0.3) is 0 Å². The molecule has 19 heavy (non-hydrogen) atoms. The van der Waals surface area contributed by atoms with E-state index in [-0.39, 0.29) is 5.69 Å². The fourth-order valence-corrected chi connectivity index (χ4v) is 3.42. The van der Waals surface area contributed by atoms with Crippen LogP contribution in [0.15, 0.2) is 6.33 Å². The molecule has 1 heterocycles. The van der Waals surface area contributed by atoms with E-state index in [0.717, 1.165) is 12.8 Å². The molecule has 0 aromatic carbocycles. The van der Waals surface area contributed by atoms with Gasteiger partial charge >= 0.3 is 5.97 Å². The number of thioether (sulfide) groups is 1. The van der Waals surface area contributed by atoms with E-state index in [9.17, 15) is 4.79 Å². The molecular weight excluding hydrogens is 262 g/mol. The van der Waals surface area contributed by atoms with Crippen molar-refractivity contribution in [2.24, 2.45) is 0 Å². The van der Waals surface area contributed by atoms with Crippen molar-refractivity contribution in [2.45, 2.75) is 43.9 Å². The number of esters is 1. The first kappa shape index (κ1) is 14.2. The minimum absolute atomic E-state index is 0.244. The number of anilines is 1. The molecule has 1 aliphatic carbocycles. The van der Waals surface area contributed by atoms with Crippen LogP contribution < -0.4 is 5.73 Å². The van der Waals surface area contributed by atoms with Gasteiger partial charge in [-0.2, -0.15) is 11.8 Å². The molecule has 0 bridgehead atoms. The van der Waals surface area contributed by atoms with Gasteiger partial charge in [0, 0.05) is 11.3 Å². The Bertz CT molecular complexity index is 447. The Balaban J connectivity index is 2.15. The molecule has 106 valence electrons. The summed E-state index contributed by atoms with van der Waals surface area (Å²) in [6.07, 6.45) is 8.47. The molecule has 2 rings (SSSR count). The number of rotatable bonds is 4. The standard InChI is InChI=1S/C13H21N3O2S/c1-3-18-13(17)11-12(14)16(8-15-11)9-5-4-6-10(7-9)19-2/h8-10H,3-7,14H2,1-2H3. The van der Waals surface area contributed by atoms with Gasteiger partial charge in [0.05, 0.1) is 12.9 Å². The Morgan fingerprint density at radius 3 is 3.11 bits per heavy atom. The number of hydrogen-bond donors (Lipinski definition) is 1. The molecule has 0 radical (unpaired) electrons. The molecule has 6 heteroatoms. The number of carbonyl (C=O) groups is 1. The molecule has 2 N–H and O–H groups in total. The Kier molecular flexibility index (Phi) is 4.74. The molecule has 0 saturated heterocycles. The van der Waals surface area contributed by atoms with E-state index >= 15 is 0 Å². The normalized spacial score (nSPS) is 23.3. The second kappa shape index (κ2) is 6.32. The number of carbonyl (C=O) groups excluding carboxylic acids is 1. The van der Waals surface area contributed by atoms with E-state index in [2.05, 4.69) is 11.2 Å². The van der Waals surface area contributed by atoms with Gasteiger partial charge in [-0.25, -0.2) is 9.78 Å². The fraction of sp³-hybridized carbons (Fsp3) is 0.692. The van der Waals surface area contributed by atoms with Crippen LogP contribution >= 0.6 is 11.8 Å². The van der Waals surface area contributed by atoms with Gasteiger partial charge in [-0.3, -0.25) is 0 Å². The van der Waals surface area contributed by atoms with Crippen LogP contribution in [0.2, 0.25) is 0 Å². The number of imidazole rings is 1. The van der Waals surface area contributed by atoms with Crippen LogP contribution in [-0.4, -0.2) is 33.6 Å². The number of nitrogen functional groups attached to an aromatic ring is 1. The predicted molar refractivity (Wildman–Crippen MR) is 77.4 cm³/mol. The second-order valence-electron chi connectivity index (χ2n) is 4.78. The van der Waals surface area contributed by atoms with Crippen molar-refractivity contribution in [3.63, 3.8) is 0 Å². The molecule has 1 fully saturated rings. The van der Waals surface area contributed by atoms with Crippen LogP contribution in [0.3, 0.4) is 0 Å². The van der Waals surface area contributed by atoms with Gasteiger partial charge in [-0.15, -0.1) is 0 Å². The molecule has 1 aromatic heterocycles. The van der Waals surface area contributed by atoms with Crippen LogP contribution in [0.25, 0.3) is 0 Å². The van der Waals surface area contributed by atoms with E-state index in [1.807, 2.05) is 16.3 Å². The molecule has 1 aliphatic rings. The number of hydrogen-bond acceptors (Lipinski definition) is 5. The first-order valence-corrected chi connectivity index (χ1v) is 7.98. The molecule has 5 nitrogen and oxygen atoms in total.